The number of benzene rings is 1. The standard InChI is InChI=1S/C13H13Cl2NO/c1-13(6-7-13)16-12(11(15)8-17-16)9-2-4-10(14)5-3-9/h2-5,8,12H,6-7H2,1H3. The smallest absolute Gasteiger partial charge is 0.128 e. The predicted molar refractivity (Wildman–Crippen MR) is 68.7 cm³/mol. The van der Waals surface area contributed by atoms with Gasteiger partial charge in [0, 0.05) is 5.02 Å². The van der Waals surface area contributed by atoms with Gasteiger partial charge in [-0.25, -0.2) is 0 Å². The van der Waals surface area contributed by atoms with E-state index < -0.39 is 0 Å². The van der Waals surface area contributed by atoms with Crippen LogP contribution < -0.4 is 0 Å². The number of hydrogen-bond acceptors (Lipinski definition) is 2. The number of halogens is 2. The van der Waals surface area contributed by atoms with Gasteiger partial charge >= 0.3 is 0 Å². The molecule has 1 fully saturated rings. The molecule has 0 spiro atoms. The SMILES string of the molecule is CC1(N2OC=C(Cl)C2c2ccc(Cl)cc2)CC1. The monoisotopic (exact) mass is 269 g/mol. The number of hydrogen-bond donors (Lipinski definition) is 0. The minimum Gasteiger partial charge on any atom is -0.411 e. The molecule has 1 aromatic rings. The Morgan fingerprint density at radius 2 is 1.88 bits per heavy atom. The van der Waals surface area contributed by atoms with Crippen molar-refractivity contribution in [2.75, 3.05) is 0 Å². The van der Waals surface area contributed by atoms with Gasteiger partial charge in [0.05, 0.1) is 10.6 Å². The zero-order chi connectivity index (χ0) is 12.0. The summed E-state index contributed by atoms with van der Waals surface area (Å²) in [7, 11) is 0. The molecule has 1 aromatic carbocycles. The van der Waals surface area contributed by atoms with Crippen LogP contribution in [0.1, 0.15) is 31.4 Å². The van der Waals surface area contributed by atoms with Crippen LogP contribution in [0.2, 0.25) is 5.02 Å². The lowest BCUT2D eigenvalue weighted by Crippen LogP contribution is -2.34. The molecule has 1 aliphatic carbocycles. The van der Waals surface area contributed by atoms with Crippen LogP contribution in [0.3, 0.4) is 0 Å². The summed E-state index contributed by atoms with van der Waals surface area (Å²) >= 11 is 12.1. The van der Waals surface area contributed by atoms with Crippen LogP contribution in [-0.4, -0.2) is 10.6 Å². The van der Waals surface area contributed by atoms with Crippen LogP contribution in [0.15, 0.2) is 35.6 Å². The molecular formula is C13H13Cl2NO. The second-order valence-electron chi connectivity index (χ2n) is 4.88. The fourth-order valence-corrected chi connectivity index (χ4v) is 2.50. The van der Waals surface area contributed by atoms with Crippen molar-refractivity contribution < 1.29 is 4.84 Å². The molecule has 90 valence electrons. The Labute approximate surface area is 111 Å². The molecule has 0 bridgehead atoms. The second kappa shape index (κ2) is 3.91. The summed E-state index contributed by atoms with van der Waals surface area (Å²) < 4.78 is 0. The van der Waals surface area contributed by atoms with Crippen molar-refractivity contribution in [3.63, 3.8) is 0 Å². The summed E-state index contributed by atoms with van der Waals surface area (Å²) in [4.78, 5) is 5.60. The van der Waals surface area contributed by atoms with E-state index in [-0.39, 0.29) is 11.6 Å². The van der Waals surface area contributed by atoms with Crippen LogP contribution in [0.25, 0.3) is 0 Å². The molecule has 0 N–H and O–H groups in total. The van der Waals surface area contributed by atoms with Crippen LogP contribution in [0.5, 0.6) is 0 Å². The third-order valence-corrected chi connectivity index (χ3v) is 4.01. The minimum absolute atomic E-state index is 0.00133. The predicted octanol–water partition coefficient (Wildman–Crippen LogP) is 4.26. The maximum Gasteiger partial charge on any atom is 0.128 e. The molecular weight excluding hydrogens is 257 g/mol. The lowest BCUT2D eigenvalue weighted by molar-refractivity contribution is -0.145. The Bertz CT molecular complexity index is 465. The Balaban J connectivity index is 1.93. The zero-order valence-corrected chi connectivity index (χ0v) is 11.0. The molecule has 1 aliphatic heterocycles. The molecule has 2 nitrogen and oxygen atoms in total. The molecule has 3 rings (SSSR count). The van der Waals surface area contributed by atoms with Gasteiger partial charge in [-0.3, -0.25) is 0 Å². The van der Waals surface area contributed by atoms with Crippen molar-refractivity contribution in [1.82, 2.24) is 5.06 Å². The average molecular weight is 270 g/mol. The molecule has 1 heterocycles. The van der Waals surface area contributed by atoms with E-state index in [9.17, 15) is 0 Å². The van der Waals surface area contributed by atoms with Gasteiger partial charge in [-0.05, 0) is 37.5 Å². The lowest BCUT2D eigenvalue weighted by atomic mass is 10.1. The van der Waals surface area contributed by atoms with Crippen molar-refractivity contribution >= 4 is 23.2 Å². The molecule has 0 saturated heterocycles. The van der Waals surface area contributed by atoms with Gasteiger partial charge < -0.3 is 4.84 Å². The maximum atomic E-state index is 6.24. The van der Waals surface area contributed by atoms with Gasteiger partial charge in [-0.15, -0.1) is 5.06 Å². The molecule has 2 aliphatic rings. The lowest BCUT2D eigenvalue weighted by Gasteiger charge is -2.29. The third kappa shape index (κ3) is 1.95. The Hall–Kier alpha value is -0.700. The average Bonchev–Trinajstić information content (AvgIpc) is 2.92. The number of hydroxylamine groups is 2. The van der Waals surface area contributed by atoms with Gasteiger partial charge in [0.2, 0.25) is 0 Å². The normalized spacial score (nSPS) is 26.5. The third-order valence-electron chi connectivity index (χ3n) is 3.47. The van der Waals surface area contributed by atoms with Crippen LogP contribution in [0.4, 0.5) is 0 Å². The van der Waals surface area contributed by atoms with E-state index in [4.69, 9.17) is 28.0 Å². The highest BCUT2D eigenvalue weighted by molar-refractivity contribution is 6.31. The Morgan fingerprint density at radius 3 is 2.47 bits per heavy atom. The summed E-state index contributed by atoms with van der Waals surface area (Å²) in [6, 6.07) is 7.76. The summed E-state index contributed by atoms with van der Waals surface area (Å²) in [6.07, 6.45) is 3.93. The van der Waals surface area contributed by atoms with E-state index in [0.717, 1.165) is 28.5 Å². The Kier molecular flexibility index (Phi) is 2.62. The second-order valence-corrected chi connectivity index (χ2v) is 5.76. The van der Waals surface area contributed by atoms with Crippen LogP contribution in [-0.2, 0) is 4.84 Å². The quantitative estimate of drug-likeness (QED) is 0.796. The molecule has 1 saturated carbocycles. The largest absolute Gasteiger partial charge is 0.411 e. The van der Waals surface area contributed by atoms with Gasteiger partial charge in [0.25, 0.3) is 0 Å². The van der Waals surface area contributed by atoms with Crippen LogP contribution >= 0.6 is 23.2 Å². The maximum absolute atomic E-state index is 6.24. The molecule has 0 aromatic heterocycles. The van der Waals surface area contributed by atoms with Gasteiger partial charge in [0.1, 0.15) is 12.3 Å². The first-order valence-electron chi connectivity index (χ1n) is 5.67. The number of rotatable bonds is 2. The van der Waals surface area contributed by atoms with Crippen molar-refractivity contribution in [3.05, 3.63) is 46.1 Å². The van der Waals surface area contributed by atoms with Crippen molar-refractivity contribution in [2.24, 2.45) is 0 Å². The van der Waals surface area contributed by atoms with Crippen molar-refractivity contribution in [1.29, 1.82) is 0 Å². The topological polar surface area (TPSA) is 12.5 Å². The first kappa shape index (κ1) is 11.4. The number of nitrogens with zero attached hydrogens (tertiary/aromatic N) is 1. The van der Waals surface area contributed by atoms with Gasteiger partial charge in [-0.2, -0.15) is 0 Å². The highest BCUT2D eigenvalue weighted by Crippen LogP contribution is 2.50. The van der Waals surface area contributed by atoms with E-state index in [1.54, 1.807) is 6.26 Å². The first-order chi connectivity index (χ1) is 8.10. The summed E-state index contributed by atoms with van der Waals surface area (Å²) in [5, 5.41) is 3.45. The van der Waals surface area contributed by atoms with E-state index >= 15 is 0 Å². The molecule has 17 heavy (non-hydrogen) atoms. The van der Waals surface area contributed by atoms with Crippen molar-refractivity contribution in [3.8, 4) is 0 Å². The van der Waals surface area contributed by atoms with Crippen molar-refractivity contribution in [2.45, 2.75) is 31.3 Å². The highest BCUT2D eigenvalue weighted by atomic mass is 35.5. The summed E-state index contributed by atoms with van der Waals surface area (Å²) in [5.41, 5.74) is 1.23. The molecule has 1 atom stereocenters. The fourth-order valence-electron chi connectivity index (χ4n) is 2.12. The highest BCUT2D eigenvalue weighted by Gasteiger charge is 2.51. The van der Waals surface area contributed by atoms with E-state index in [2.05, 4.69) is 6.92 Å². The molecule has 0 amide bonds. The summed E-state index contributed by atoms with van der Waals surface area (Å²) in [6.45, 7) is 2.19. The van der Waals surface area contributed by atoms with Gasteiger partial charge in [-0.1, -0.05) is 35.3 Å². The fraction of sp³-hybridized carbons (Fsp3) is 0.385. The zero-order valence-electron chi connectivity index (χ0n) is 9.49. The van der Waals surface area contributed by atoms with E-state index in [1.165, 1.54) is 0 Å². The van der Waals surface area contributed by atoms with E-state index in [0.29, 0.717) is 0 Å². The molecule has 4 heteroatoms. The van der Waals surface area contributed by atoms with Crippen LogP contribution in [0, 0.1) is 0 Å². The molecule has 1 unspecified atom stereocenters. The van der Waals surface area contributed by atoms with Gasteiger partial charge in [0.15, 0.2) is 0 Å². The summed E-state index contributed by atoms with van der Waals surface area (Å²) in [5.74, 6) is 0. The minimum atomic E-state index is 0.00133. The molecule has 0 radical (unpaired) electrons. The first-order valence-corrected chi connectivity index (χ1v) is 6.43. The van der Waals surface area contributed by atoms with E-state index in [1.807, 2.05) is 29.3 Å². The Morgan fingerprint density at radius 1 is 1.24 bits per heavy atom.